The minimum atomic E-state index is -1.64. The summed E-state index contributed by atoms with van der Waals surface area (Å²) >= 11 is 4.21. The molecule has 6 heteroatoms. The van der Waals surface area contributed by atoms with E-state index in [4.69, 9.17) is 4.74 Å². The van der Waals surface area contributed by atoms with Crippen molar-refractivity contribution in [3.05, 3.63) is 23.3 Å². The average Bonchev–Trinajstić information content (AvgIpc) is 2.18. The predicted molar refractivity (Wildman–Crippen MR) is 73.4 cm³/mol. The van der Waals surface area contributed by atoms with Gasteiger partial charge in [-0.05, 0) is 50.9 Å². The van der Waals surface area contributed by atoms with Crippen molar-refractivity contribution in [3.63, 3.8) is 0 Å². The van der Waals surface area contributed by atoms with Crippen LogP contribution in [-0.2, 0) is 4.74 Å². The summed E-state index contributed by atoms with van der Waals surface area (Å²) in [5.41, 5.74) is 0.532. The minimum absolute atomic E-state index is 0.253. The largest absolute Gasteiger partial charge is 0.488 e. The maximum absolute atomic E-state index is 11.9. The second-order valence-electron chi connectivity index (χ2n) is 5.09. The Balaban J connectivity index is 3.15. The van der Waals surface area contributed by atoms with Gasteiger partial charge in [0.2, 0.25) is 0 Å². The van der Waals surface area contributed by atoms with Crippen molar-refractivity contribution < 1.29 is 19.6 Å². The molecule has 0 atom stereocenters. The average molecular weight is 268 g/mol. The van der Waals surface area contributed by atoms with Crippen LogP contribution in [0, 0.1) is 6.92 Å². The van der Waals surface area contributed by atoms with Crippen LogP contribution in [0.3, 0.4) is 0 Å². The second-order valence-corrected chi connectivity index (χ2v) is 5.57. The Morgan fingerprint density at radius 2 is 1.89 bits per heavy atom. The lowest BCUT2D eigenvalue weighted by Crippen LogP contribution is -2.34. The van der Waals surface area contributed by atoms with Gasteiger partial charge in [0.1, 0.15) is 5.60 Å². The molecule has 0 aliphatic heterocycles. The molecule has 1 aromatic carbocycles. The van der Waals surface area contributed by atoms with E-state index in [9.17, 15) is 14.8 Å². The van der Waals surface area contributed by atoms with Gasteiger partial charge in [-0.3, -0.25) is 0 Å². The van der Waals surface area contributed by atoms with Gasteiger partial charge in [0.05, 0.1) is 5.56 Å². The molecule has 1 aromatic rings. The third-order valence-electron chi connectivity index (χ3n) is 2.33. The maximum Gasteiger partial charge on any atom is 0.488 e. The van der Waals surface area contributed by atoms with Gasteiger partial charge < -0.3 is 14.8 Å². The Morgan fingerprint density at radius 1 is 1.33 bits per heavy atom. The fraction of sp³-hybridized carbons (Fsp3) is 0.417. The predicted octanol–water partition coefficient (Wildman–Crippen LogP) is 0.919. The molecule has 0 amide bonds. The highest BCUT2D eigenvalue weighted by atomic mass is 32.1. The van der Waals surface area contributed by atoms with Gasteiger partial charge in [0.25, 0.3) is 0 Å². The lowest BCUT2D eigenvalue weighted by Gasteiger charge is -2.20. The number of hydrogen-bond acceptors (Lipinski definition) is 5. The monoisotopic (exact) mass is 268 g/mol. The molecule has 4 nitrogen and oxygen atoms in total. The first kappa shape index (κ1) is 15.1. The normalized spacial score (nSPS) is 11.3. The highest BCUT2D eigenvalue weighted by Crippen LogP contribution is 2.17. The van der Waals surface area contributed by atoms with Crippen LogP contribution in [0.1, 0.15) is 36.7 Å². The topological polar surface area (TPSA) is 66.8 Å². The Bertz CT molecular complexity index is 466. The van der Waals surface area contributed by atoms with Gasteiger partial charge >= 0.3 is 13.1 Å². The number of thiol groups is 1. The van der Waals surface area contributed by atoms with Crippen molar-refractivity contribution in [2.75, 3.05) is 0 Å². The van der Waals surface area contributed by atoms with E-state index < -0.39 is 18.7 Å². The smallest absolute Gasteiger partial charge is 0.456 e. The van der Waals surface area contributed by atoms with Crippen LogP contribution >= 0.6 is 12.6 Å². The van der Waals surface area contributed by atoms with Crippen LogP contribution in [0.4, 0.5) is 0 Å². The highest BCUT2D eigenvalue weighted by Gasteiger charge is 2.22. The lowest BCUT2D eigenvalue weighted by molar-refractivity contribution is 0.00694. The Morgan fingerprint density at radius 3 is 2.33 bits per heavy atom. The van der Waals surface area contributed by atoms with Crippen molar-refractivity contribution in [3.8, 4) is 0 Å². The molecule has 1 rings (SSSR count). The number of benzene rings is 1. The maximum atomic E-state index is 11.9. The molecule has 0 bridgehead atoms. The molecule has 0 aliphatic carbocycles. The second kappa shape index (κ2) is 5.34. The molecule has 0 saturated carbocycles. The first-order chi connectivity index (χ1) is 8.11. The van der Waals surface area contributed by atoms with Crippen molar-refractivity contribution in [1.82, 2.24) is 0 Å². The standard InChI is InChI=1S/C12H17BO4S/c1-7-9(13(15)16)5-8(6-10(7)18)11(14)17-12(2,3)4/h5-6,15-16,18H,1-4H3. The number of hydrogen-bond donors (Lipinski definition) is 3. The lowest BCUT2D eigenvalue weighted by atomic mass is 9.76. The summed E-state index contributed by atoms with van der Waals surface area (Å²) in [5, 5.41) is 18.5. The fourth-order valence-electron chi connectivity index (χ4n) is 1.44. The molecule has 0 spiro atoms. The number of esters is 1. The summed E-state index contributed by atoms with van der Waals surface area (Å²) in [4.78, 5) is 12.4. The third-order valence-corrected chi connectivity index (χ3v) is 2.80. The molecule has 98 valence electrons. The summed E-state index contributed by atoms with van der Waals surface area (Å²) in [6, 6.07) is 2.96. The third kappa shape index (κ3) is 3.76. The van der Waals surface area contributed by atoms with Gasteiger partial charge in [0, 0.05) is 4.90 Å². The summed E-state index contributed by atoms with van der Waals surface area (Å²) in [6.45, 7) is 7.00. The molecule has 2 N–H and O–H groups in total. The van der Waals surface area contributed by atoms with Crippen molar-refractivity contribution >= 4 is 31.2 Å². The van der Waals surface area contributed by atoms with E-state index in [-0.39, 0.29) is 11.0 Å². The number of carbonyl (C=O) groups is 1. The summed E-state index contributed by atoms with van der Waals surface area (Å²) in [5.74, 6) is -0.514. The van der Waals surface area contributed by atoms with Crippen LogP contribution < -0.4 is 5.46 Å². The summed E-state index contributed by atoms with van der Waals surface area (Å²) in [6.07, 6.45) is 0. The molecule has 0 radical (unpaired) electrons. The van der Waals surface area contributed by atoms with Crippen LogP contribution in [0.5, 0.6) is 0 Å². The fourth-order valence-corrected chi connectivity index (χ4v) is 1.71. The van der Waals surface area contributed by atoms with Crippen molar-refractivity contribution in [1.29, 1.82) is 0 Å². The quantitative estimate of drug-likeness (QED) is 0.424. The zero-order chi connectivity index (χ0) is 14.1. The molecule has 0 heterocycles. The van der Waals surface area contributed by atoms with E-state index >= 15 is 0 Å². The Kier molecular flexibility index (Phi) is 4.48. The Labute approximate surface area is 113 Å². The molecular formula is C12H17BO4S. The molecular weight excluding hydrogens is 251 g/mol. The van der Waals surface area contributed by atoms with E-state index in [2.05, 4.69) is 12.6 Å². The molecule has 0 unspecified atom stereocenters. The van der Waals surface area contributed by atoms with E-state index in [0.29, 0.717) is 10.5 Å². The van der Waals surface area contributed by atoms with Crippen LogP contribution in [0.25, 0.3) is 0 Å². The number of ether oxygens (including phenoxy) is 1. The number of carbonyl (C=O) groups excluding carboxylic acids is 1. The van der Waals surface area contributed by atoms with Gasteiger partial charge in [-0.1, -0.05) is 0 Å². The molecule has 0 aromatic heterocycles. The van der Waals surface area contributed by atoms with Gasteiger partial charge in [-0.2, -0.15) is 0 Å². The van der Waals surface area contributed by atoms with Crippen LogP contribution in [0.2, 0.25) is 0 Å². The number of rotatable bonds is 2. The van der Waals surface area contributed by atoms with Gasteiger partial charge in [-0.25, -0.2) is 4.79 Å². The van der Waals surface area contributed by atoms with Crippen molar-refractivity contribution in [2.24, 2.45) is 0 Å². The minimum Gasteiger partial charge on any atom is -0.456 e. The zero-order valence-electron chi connectivity index (χ0n) is 10.9. The zero-order valence-corrected chi connectivity index (χ0v) is 11.8. The first-order valence-corrected chi connectivity index (χ1v) is 5.99. The SMILES string of the molecule is Cc1c(S)cc(C(=O)OC(C)(C)C)cc1B(O)O. The molecule has 18 heavy (non-hydrogen) atoms. The Hall–Kier alpha value is -0.975. The first-order valence-electron chi connectivity index (χ1n) is 5.55. The molecule has 0 fully saturated rings. The van der Waals surface area contributed by atoms with E-state index in [1.807, 2.05) is 0 Å². The van der Waals surface area contributed by atoms with E-state index in [1.165, 1.54) is 6.07 Å². The van der Waals surface area contributed by atoms with Gasteiger partial charge in [-0.15, -0.1) is 12.6 Å². The molecule has 0 saturated heterocycles. The van der Waals surface area contributed by atoms with Crippen LogP contribution in [0.15, 0.2) is 17.0 Å². The highest BCUT2D eigenvalue weighted by molar-refractivity contribution is 7.80. The van der Waals surface area contributed by atoms with Crippen LogP contribution in [-0.4, -0.2) is 28.7 Å². The van der Waals surface area contributed by atoms with E-state index in [0.717, 1.165) is 0 Å². The molecule has 0 aliphatic rings. The van der Waals surface area contributed by atoms with E-state index in [1.54, 1.807) is 33.8 Å². The summed E-state index contributed by atoms with van der Waals surface area (Å²) < 4.78 is 5.22. The van der Waals surface area contributed by atoms with Crippen molar-refractivity contribution in [2.45, 2.75) is 38.2 Å². The summed E-state index contributed by atoms with van der Waals surface area (Å²) in [7, 11) is -1.64. The van der Waals surface area contributed by atoms with Gasteiger partial charge in [0.15, 0.2) is 0 Å².